The third-order valence-electron chi connectivity index (χ3n) is 10.2. The third kappa shape index (κ3) is 14.2. The summed E-state index contributed by atoms with van der Waals surface area (Å²) < 4.78 is 0. The first-order valence-corrected chi connectivity index (χ1v) is 19.1. The minimum atomic E-state index is 0.501. The molecular weight excluding hydrogens is 571 g/mol. The molecule has 1 saturated heterocycles. The number of piperidine rings is 1. The fraction of sp³-hybridized carbons (Fsp3) is 0.614. The van der Waals surface area contributed by atoms with Crippen LogP contribution in [0.5, 0.6) is 0 Å². The van der Waals surface area contributed by atoms with Gasteiger partial charge in [0.15, 0.2) is 0 Å². The molecule has 1 aromatic carbocycles. The summed E-state index contributed by atoms with van der Waals surface area (Å²) in [6.07, 6.45) is 21.1. The molecule has 2 aromatic rings. The van der Waals surface area contributed by atoms with Gasteiger partial charge in [-0.3, -0.25) is 0 Å². The lowest BCUT2D eigenvalue weighted by Gasteiger charge is -2.34. The third-order valence-corrected chi connectivity index (χ3v) is 10.2. The molecule has 0 radical (unpaired) electrons. The second-order valence-electron chi connectivity index (χ2n) is 14.5. The Morgan fingerprint density at radius 2 is 1.74 bits per heavy atom. The maximum atomic E-state index is 4.70. The van der Waals surface area contributed by atoms with Crippen LogP contribution in [0, 0.1) is 30.6 Å². The summed E-state index contributed by atoms with van der Waals surface area (Å²) in [5.41, 5.74) is 5.18. The molecule has 1 aromatic heterocycles. The Balaban J connectivity index is 0.000000353. The van der Waals surface area contributed by atoms with Crippen molar-refractivity contribution in [2.75, 3.05) is 37.6 Å². The largest absolute Gasteiger partial charge is 0.357 e. The van der Waals surface area contributed by atoms with Crippen molar-refractivity contribution in [3.8, 4) is 0 Å². The first-order valence-electron chi connectivity index (χ1n) is 19.1. The second-order valence-corrected chi connectivity index (χ2v) is 14.5. The standard InChI is InChI=1S/C25H43N3.C19H28/c1-6-9-24-19-25(26-20-22(24)5)28-17-12-23(13-18-28)11-16-27(14-7-2)15-10-21(4)8-3;1-7-15(5)12-18-11-9-10-17(8-2)19(18)13-16(6)14(3)4/h6,9,19-21,23H,7-8,10-18H2,1-5H3;9-15H,6-8H2,1-5H3/b9-6-;18-12-,19-13-. The molecule has 1 aliphatic rings. The molecule has 0 saturated carbocycles. The van der Waals surface area contributed by atoms with E-state index in [2.05, 4.69) is 134 Å². The lowest BCUT2D eigenvalue weighted by molar-refractivity contribution is 0.225. The van der Waals surface area contributed by atoms with Crippen LogP contribution < -0.4 is 15.3 Å². The topological polar surface area (TPSA) is 19.4 Å². The lowest BCUT2D eigenvalue weighted by Crippen LogP contribution is -2.36. The molecule has 47 heavy (non-hydrogen) atoms. The van der Waals surface area contributed by atoms with E-state index in [1.165, 1.54) is 97.3 Å². The van der Waals surface area contributed by atoms with Crippen LogP contribution in [-0.4, -0.2) is 42.6 Å². The predicted octanol–water partition coefficient (Wildman–Crippen LogP) is 10.2. The molecule has 2 heterocycles. The van der Waals surface area contributed by atoms with E-state index in [-0.39, 0.29) is 0 Å². The maximum Gasteiger partial charge on any atom is 0.129 e. The number of benzene rings is 1. The first kappa shape index (κ1) is 40.5. The number of pyridine rings is 1. The Bertz CT molecular complexity index is 1330. The fourth-order valence-electron chi connectivity index (χ4n) is 6.17. The molecule has 3 nitrogen and oxygen atoms in total. The predicted molar refractivity (Wildman–Crippen MR) is 211 cm³/mol. The van der Waals surface area contributed by atoms with Gasteiger partial charge in [-0.1, -0.05) is 123 Å². The Morgan fingerprint density at radius 3 is 2.34 bits per heavy atom. The molecule has 262 valence electrons. The summed E-state index contributed by atoms with van der Waals surface area (Å²) in [6.45, 7) is 32.7. The zero-order valence-corrected chi connectivity index (χ0v) is 32.2. The number of hydrogen-bond donors (Lipinski definition) is 0. The van der Waals surface area contributed by atoms with E-state index in [0.717, 1.165) is 37.2 Å². The van der Waals surface area contributed by atoms with Gasteiger partial charge in [-0.15, -0.1) is 0 Å². The van der Waals surface area contributed by atoms with E-state index in [9.17, 15) is 0 Å². The molecule has 3 heteroatoms. The van der Waals surface area contributed by atoms with Crippen LogP contribution in [0.4, 0.5) is 5.82 Å². The molecule has 1 fully saturated rings. The Morgan fingerprint density at radius 1 is 1.02 bits per heavy atom. The van der Waals surface area contributed by atoms with E-state index in [1.54, 1.807) is 0 Å². The highest BCUT2D eigenvalue weighted by atomic mass is 15.2. The van der Waals surface area contributed by atoms with Gasteiger partial charge >= 0.3 is 0 Å². The van der Waals surface area contributed by atoms with E-state index >= 15 is 0 Å². The van der Waals surface area contributed by atoms with Crippen molar-refractivity contribution >= 4 is 24.0 Å². The van der Waals surface area contributed by atoms with Crippen LogP contribution in [0.3, 0.4) is 0 Å². The number of rotatable bonds is 16. The number of anilines is 1. The Labute approximate surface area is 291 Å². The Kier molecular flexibility index (Phi) is 19.0. The number of allylic oxidation sites excluding steroid dienone is 2. The molecule has 2 atom stereocenters. The van der Waals surface area contributed by atoms with E-state index in [1.807, 2.05) is 6.20 Å². The van der Waals surface area contributed by atoms with Crippen molar-refractivity contribution in [3.05, 3.63) is 75.8 Å². The van der Waals surface area contributed by atoms with E-state index in [4.69, 9.17) is 4.98 Å². The molecule has 0 N–H and O–H groups in total. The summed E-state index contributed by atoms with van der Waals surface area (Å²) in [4.78, 5) is 9.89. The average Bonchev–Trinajstić information content (AvgIpc) is 3.08. The molecule has 0 spiro atoms. The molecule has 0 bridgehead atoms. The van der Waals surface area contributed by atoms with Gasteiger partial charge in [0.25, 0.3) is 0 Å². The molecule has 2 unspecified atom stereocenters. The zero-order valence-electron chi connectivity index (χ0n) is 32.2. The van der Waals surface area contributed by atoms with Gasteiger partial charge in [0.1, 0.15) is 5.82 Å². The lowest BCUT2D eigenvalue weighted by atomic mass is 9.93. The summed E-state index contributed by atoms with van der Waals surface area (Å²) in [6, 6.07) is 8.88. The highest BCUT2D eigenvalue weighted by Crippen LogP contribution is 2.26. The van der Waals surface area contributed by atoms with Crippen LogP contribution in [-0.2, 0) is 6.42 Å². The summed E-state index contributed by atoms with van der Waals surface area (Å²) in [7, 11) is 0. The number of nitrogens with zero attached hydrogens (tertiary/aromatic N) is 3. The van der Waals surface area contributed by atoms with Crippen LogP contribution in [0.1, 0.15) is 124 Å². The average molecular weight is 642 g/mol. The highest BCUT2D eigenvalue weighted by molar-refractivity contribution is 5.58. The van der Waals surface area contributed by atoms with Gasteiger partial charge in [-0.25, -0.2) is 4.98 Å². The van der Waals surface area contributed by atoms with Crippen molar-refractivity contribution in [1.29, 1.82) is 0 Å². The molecule has 0 aliphatic carbocycles. The van der Waals surface area contributed by atoms with Gasteiger partial charge < -0.3 is 9.80 Å². The number of aromatic nitrogens is 1. The minimum absolute atomic E-state index is 0.501. The number of hydrogen-bond acceptors (Lipinski definition) is 3. The van der Waals surface area contributed by atoms with Crippen LogP contribution in [0.2, 0.25) is 0 Å². The van der Waals surface area contributed by atoms with Crippen molar-refractivity contribution in [1.82, 2.24) is 9.88 Å². The normalized spacial score (nSPS) is 16.2. The zero-order chi connectivity index (χ0) is 34.8. The van der Waals surface area contributed by atoms with Crippen LogP contribution in [0.15, 0.2) is 48.7 Å². The minimum Gasteiger partial charge on any atom is -0.357 e. The van der Waals surface area contributed by atoms with Gasteiger partial charge in [0.2, 0.25) is 0 Å². The molecular formula is C44H71N3. The maximum absolute atomic E-state index is 4.70. The fourth-order valence-corrected chi connectivity index (χ4v) is 6.17. The smallest absolute Gasteiger partial charge is 0.129 e. The van der Waals surface area contributed by atoms with Gasteiger partial charge in [0.05, 0.1) is 0 Å². The van der Waals surface area contributed by atoms with Crippen molar-refractivity contribution in [3.63, 3.8) is 0 Å². The first-order chi connectivity index (χ1) is 22.6. The molecule has 3 rings (SSSR count). The molecule has 0 amide bonds. The van der Waals surface area contributed by atoms with Gasteiger partial charge in [0, 0.05) is 19.3 Å². The monoisotopic (exact) mass is 642 g/mol. The van der Waals surface area contributed by atoms with Crippen molar-refractivity contribution in [2.24, 2.45) is 23.7 Å². The van der Waals surface area contributed by atoms with Crippen molar-refractivity contribution < 1.29 is 0 Å². The van der Waals surface area contributed by atoms with Crippen LogP contribution in [0.25, 0.3) is 18.2 Å². The molecule has 1 aliphatic heterocycles. The van der Waals surface area contributed by atoms with E-state index < -0.39 is 0 Å². The van der Waals surface area contributed by atoms with Gasteiger partial charge in [-0.2, -0.15) is 0 Å². The highest BCUT2D eigenvalue weighted by Gasteiger charge is 2.21. The summed E-state index contributed by atoms with van der Waals surface area (Å²) >= 11 is 0. The summed E-state index contributed by atoms with van der Waals surface area (Å²) in [5, 5.41) is 2.72. The summed E-state index contributed by atoms with van der Waals surface area (Å²) in [5.74, 6) is 4.00. The Hall–Kier alpha value is -2.65. The number of aryl methyl sites for hydroxylation is 2. The van der Waals surface area contributed by atoms with Gasteiger partial charge in [-0.05, 0) is 129 Å². The van der Waals surface area contributed by atoms with Crippen molar-refractivity contribution in [2.45, 2.75) is 121 Å². The quantitative estimate of drug-likeness (QED) is 0.182. The van der Waals surface area contributed by atoms with E-state index in [0.29, 0.717) is 11.8 Å². The SMILES string of the molecule is C/C=C\c1cc(N2CCC(CCN(CCC)CCC(C)CC)CC2)ncc1C.C=C(/C=c1/c(CC)ccc/c1=C/C(C)CC)C(C)C. The van der Waals surface area contributed by atoms with Crippen LogP contribution >= 0.6 is 0 Å². The second kappa shape index (κ2) is 22.1.